The molecule has 2 aliphatic rings. The Bertz CT molecular complexity index is 260. The maximum absolute atomic E-state index is 5.27. The van der Waals surface area contributed by atoms with Crippen molar-refractivity contribution in [2.24, 2.45) is 5.92 Å². The molecule has 2 nitrogen and oxygen atoms in total. The van der Waals surface area contributed by atoms with Gasteiger partial charge < -0.3 is 9.47 Å². The zero-order valence-corrected chi connectivity index (χ0v) is 10.2. The first-order valence-electron chi connectivity index (χ1n) is 6.52. The van der Waals surface area contributed by atoms with Gasteiger partial charge >= 0.3 is 0 Å². The SMILES string of the molecule is CCCC1CC=C(CCC2OC=CO2)CC1. The molecule has 1 heterocycles. The van der Waals surface area contributed by atoms with Gasteiger partial charge in [0.2, 0.25) is 6.29 Å². The van der Waals surface area contributed by atoms with E-state index in [0.29, 0.717) is 0 Å². The van der Waals surface area contributed by atoms with Crippen LogP contribution in [0.1, 0.15) is 51.9 Å². The van der Waals surface area contributed by atoms with Crippen LogP contribution in [0.3, 0.4) is 0 Å². The van der Waals surface area contributed by atoms with Gasteiger partial charge in [0.1, 0.15) is 12.5 Å². The number of hydrogen-bond donors (Lipinski definition) is 0. The summed E-state index contributed by atoms with van der Waals surface area (Å²) in [4.78, 5) is 0. The molecule has 0 aromatic carbocycles. The van der Waals surface area contributed by atoms with Gasteiger partial charge in [-0.05, 0) is 31.6 Å². The van der Waals surface area contributed by atoms with Crippen molar-refractivity contribution in [1.29, 1.82) is 0 Å². The van der Waals surface area contributed by atoms with Gasteiger partial charge in [0, 0.05) is 6.42 Å². The van der Waals surface area contributed by atoms with E-state index in [9.17, 15) is 0 Å². The summed E-state index contributed by atoms with van der Waals surface area (Å²) in [5.41, 5.74) is 1.60. The Morgan fingerprint density at radius 1 is 1.25 bits per heavy atom. The van der Waals surface area contributed by atoms with Gasteiger partial charge in [0.05, 0.1) is 0 Å². The van der Waals surface area contributed by atoms with Gasteiger partial charge in [-0.15, -0.1) is 0 Å². The molecule has 0 radical (unpaired) electrons. The zero-order valence-electron chi connectivity index (χ0n) is 10.2. The van der Waals surface area contributed by atoms with E-state index in [1.807, 2.05) is 0 Å². The normalized spacial score (nSPS) is 25.1. The predicted octanol–water partition coefficient (Wildman–Crippen LogP) is 4.14. The first kappa shape index (κ1) is 11.6. The van der Waals surface area contributed by atoms with E-state index in [2.05, 4.69) is 13.0 Å². The monoisotopic (exact) mass is 222 g/mol. The van der Waals surface area contributed by atoms with Gasteiger partial charge in [-0.2, -0.15) is 0 Å². The Labute approximate surface area is 98.3 Å². The highest BCUT2D eigenvalue weighted by atomic mass is 16.7. The van der Waals surface area contributed by atoms with Crippen LogP contribution in [0.5, 0.6) is 0 Å². The van der Waals surface area contributed by atoms with Crippen molar-refractivity contribution in [3.63, 3.8) is 0 Å². The Morgan fingerprint density at radius 3 is 2.69 bits per heavy atom. The number of rotatable bonds is 5. The molecule has 0 spiro atoms. The fraction of sp³-hybridized carbons (Fsp3) is 0.714. The molecule has 1 aliphatic heterocycles. The van der Waals surface area contributed by atoms with Crippen molar-refractivity contribution >= 4 is 0 Å². The summed E-state index contributed by atoms with van der Waals surface area (Å²) in [5, 5.41) is 0. The minimum atomic E-state index is -0.0331. The standard InChI is InChI=1S/C14H22O2/c1-2-3-12-4-6-13(7-5-12)8-9-14-15-10-11-16-14/h6,10-12,14H,2-5,7-9H2,1H3. The lowest BCUT2D eigenvalue weighted by Crippen LogP contribution is -2.10. The third-order valence-corrected chi connectivity index (χ3v) is 3.53. The molecule has 0 aromatic heterocycles. The third-order valence-electron chi connectivity index (χ3n) is 3.53. The fourth-order valence-corrected chi connectivity index (χ4v) is 2.55. The highest BCUT2D eigenvalue weighted by molar-refractivity contribution is 5.06. The lowest BCUT2D eigenvalue weighted by atomic mass is 9.85. The first-order valence-corrected chi connectivity index (χ1v) is 6.52. The van der Waals surface area contributed by atoms with E-state index >= 15 is 0 Å². The molecule has 0 saturated heterocycles. The summed E-state index contributed by atoms with van der Waals surface area (Å²) in [6.45, 7) is 2.28. The van der Waals surface area contributed by atoms with E-state index in [1.165, 1.54) is 32.1 Å². The summed E-state index contributed by atoms with van der Waals surface area (Å²) in [5.74, 6) is 0.939. The predicted molar refractivity (Wildman–Crippen MR) is 64.7 cm³/mol. The first-order chi connectivity index (χ1) is 7.88. The highest BCUT2D eigenvalue weighted by Crippen LogP contribution is 2.29. The summed E-state index contributed by atoms with van der Waals surface area (Å²) in [7, 11) is 0. The summed E-state index contributed by atoms with van der Waals surface area (Å²) >= 11 is 0. The summed E-state index contributed by atoms with van der Waals surface area (Å²) in [6, 6.07) is 0. The minimum Gasteiger partial charge on any atom is -0.459 e. The van der Waals surface area contributed by atoms with Gasteiger partial charge in [-0.25, -0.2) is 0 Å². The van der Waals surface area contributed by atoms with Crippen LogP contribution in [0, 0.1) is 5.92 Å². The zero-order chi connectivity index (χ0) is 11.2. The van der Waals surface area contributed by atoms with Gasteiger partial charge in [0.15, 0.2) is 0 Å². The van der Waals surface area contributed by atoms with Crippen molar-refractivity contribution in [1.82, 2.24) is 0 Å². The number of ether oxygens (including phenoxy) is 2. The van der Waals surface area contributed by atoms with Crippen LogP contribution >= 0.6 is 0 Å². The van der Waals surface area contributed by atoms with E-state index < -0.39 is 0 Å². The van der Waals surface area contributed by atoms with Gasteiger partial charge in [-0.3, -0.25) is 0 Å². The molecule has 0 amide bonds. The van der Waals surface area contributed by atoms with Crippen molar-refractivity contribution in [2.45, 2.75) is 58.2 Å². The van der Waals surface area contributed by atoms with Crippen LogP contribution in [0.2, 0.25) is 0 Å². The van der Waals surface area contributed by atoms with Crippen LogP contribution in [0.15, 0.2) is 24.2 Å². The lowest BCUT2D eigenvalue weighted by Gasteiger charge is -2.22. The maximum atomic E-state index is 5.27. The average molecular weight is 222 g/mol. The minimum absolute atomic E-state index is 0.0331. The topological polar surface area (TPSA) is 18.5 Å². The maximum Gasteiger partial charge on any atom is 0.240 e. The van der Waals surface area contributed by atoms with E-state index in [1.54, 1.807) is 18.1 Å². The molecule has 0 N–H and O–H groups in total. The van der Waals surface area contributed by atoms with Crippen LogP contribution in [-0.4, -0.2) is 6.29 Å². The highest BCUT2D eigenvalue weighted by Gasteiger charge is 2.16. The molecule has 1 atom stereocenters. The largest absolute Gasteiger partial charge is 0.459 e. The van der Waals surface area contributed by atoms with Crippen LogP contribution in [0.4, 0.5) is 0 Å². The van der Waals surface area contributed by atoms with Crippen molar-refractivity contribution < 1.29 is 9.47 Å². The molecule has 90 valence electrons. The van der Waals surface area contributed by atoms with E-state index in [-0.39, 0.29) is 6.29 Å². The second-order valence-electron chi connectivity index (χ2n) is 4.80. The smallest absolute Gasteiger partial charge is 0.240 e. The Balaban J connectivity index is 1.67. The number of allylic oxidation sites excluding steroid dienone is 2. The molecule has 1 unspecified atom stereocenters. The Hall–Kier alpha value is -0.920. The summed E-state index contributed by atoms with van der Waals surface area (Å²) < 4.78 is 10.5. The van der Waals surface area contributed by atoms with E-state index in [4.69, 9.17) is 9.47 Å². The van der Waals surface area contributed by atoms with Gasteiger partial charge in [0.25, 0.3) is 0 Å². The quantitative estimate of drug-likeness (QED) is 0.651. The molecular formula is C14H22O2. The average Bonchev–Trinajstić information content (AvgIpc) is 2.82. The molecule has 0 fully saturated rings. The molecular weight excluding hydrogens is 200 g/mol. The molecule has 1 aliphatic carbocycles. The Kier molecular flexibility index (Phi) is 4.32. The molecule has 2 heteroatoms. The van der Waals surface area contributed by atoms with Crippen molar-refractivity contribution in [3.05, 3.63) is 24.2 Å². The van der Waals surface area contributed by atoms with Gasteiger partial charge in [-0.1, -0.05) is 31.4 Å². The Morgan fingerprint density at radius 2 is 2.06 bits per heavy atom. The number of hydrogen-bond acceptors (Lipinski definition) is 2. The van der Waals surface area contributed by atoms with Crippen LogP contribution in [0.25, 0.3) is 0 Å². The summed E-state index contributed by atoms with van der Waals surface area (Å²) in [6.07, 6.45) is 14.5. The van der Waals surface area contributed by atoms with Crippen molar-refractivity contribution in [2.75, 3.05) is 0 Å². The molecule has 0 saturated carbocycles. The lowest BCUT2D eigenvalue weighted by molar-refractivity contribution is -0.0277. The molecule has 2 rings (SSSR count). The molecule has 16 heavy (non-hydrogen) atoms. The van der Waals surface area contributed by atoms with Crippen LogP contribution in [-0.2, 0) is 9.47 Å². The second-order valence-corrected chi connectivity index (χ2v) is 4.80. The molecule has 0 bridgehead atoms. The van der Waals surface area contributed by atoms with Crippen LogP contribution < -0.4 is 0 Å². The fourth-order valence-electron chi connectivity index (χ4n) is 2.55. The second kappa shape index (κ2) is 5.97. The van der Waals surface area contributed by atoms with Crippen molar-refractivity contribution in [3.8, 4) is 0 Å². The molecule has 0 aromatic rings. The van der Waals surface area contributed by atoms with E-state index in [0.717, 1.165) is 18.8 Å². The third kappa shape index (κ3) is 3.29.